The summed E-state index contributed by atoms with van der Waals surface area (Å²) in [6.45, 7) is 6.11. The van der Waals surface area contributed by atoms with Crippen molar-refractivity contribution in [1.29, 1.82) is 0 Å². The van der Waals surface area contributed by atoms with Crippen LogP contribution >= 0.6 is 0 Å². The maximum Gasteiger partial charge on any atom is 0.453 e. The Labute approximate surface area is 328 Å². The minimum Gasteiger partial charge on any atom is -0.410 e. The highest BCUT2D eigenvalue weighted by Gasteiger charge is 2.57. The van der Waals surface area contributed by atoms with Crippen LogP contribution in [0.1, 0.15) is 140 Å². The molecule has 12 heteroatoms. The second-order valence-electron chi connectivity index (χ2n) is 18.3. The number of aliphatic hydroxyl groups excluding tert-OH is 1. The quantitative estimate of drug-likeness (QED) is 0.141. The number of hydrogen-bond acceptors (Lipinski definition) is 5. The molecule has 2 saturated carbocycles. The summed E-state index contributed by atoms with van der Waals surface area (Å²) in [7, 11) is 0.814. The fraction of sp³-hybridized carbons (Fsp3) is 0.837. The zero-order chi connectivity index (χ0) is 39.4. The van der Waals surface area contributed by atoms with E-state index in [0.717, 1.165) is 116 Å². The van der Waals surface area contributed by atoms with Gasteiger partial charge in [-0.15, -0.1) is 0 Å². The third kappa shape index (κ3) is 10.1. The van der Waals surface area contributed by atoms with E-state index in [1.165, 1.54) is 24.0 Å². The van der Waals surface area contributed by atoms with E-state index in [-0.39, 0.29) is 23.4 Å². The Kier molecular flexibility index (Phi) is 14.0. The van der Waals surface area contributed by atoms with Crippen LogP contribution in [0.25, 0.3) is 0 Å². The van der Waals surface area contributed by atoms with E-state index in [2.05, 4.69) is 31.0 Å². The monoisotopic (exact) mass is 800 g/mol. The largest absolute Gasteiger partial charge is 0.453 e. The Morgan fingerprint density at radius 3 is 2.20 bits per heavy atom. The molecule has 1 unspecified atom stereocenters. The van der Waals surface area contributed by atoms with Crippen molar-refractivity contribution in [1.82, 2.24) is 9.80 Å². The van der Waals surface area contributed by atoms with Gasteiger partial charge in [0, 0.05) is 41.8 Å². The molecule has 6 nitrogen and oxygen atoms in total. The number of aliphatic hydroxyl groups is 1. The van der Waals surface area contributed by atoms with E-state index in [4.69, 9.17) is 4.74 Å². The van der Waals surface area contributed by atoms with E-state index in [1.54, 1.807) is 0 Å². The van der Waals surface area contributed by atoms with Gasteiger partial charge in [-0.25, -0.2) is 4.79 Å². The SMILES string of the molecule is CN1CCC2(CC1)CCN(C(=O)Oc1ccc3c(c1)C[C@@H](CCCCCCCCCS(=O)CCCC(F)(F)C(F)(F)F)[C@@H]1[C@@H]3CC[C@]3(C)[C@@H](O)CC[C@@H]13)CC2. The van der Waals surface area contributed by atoms with Crippen molar-refractivity contribution in [3.63, 3.8) is 0 Å². The van der Waals surface area contributed by atoms with Crippen molar-refractivity contribution < 1.29 is 40.8 Å². The smallest absolute Gasteiger partial charge is 0.410 e. The number of likely N-dealkylation sites (tertiary alicyclic amines) is 2. The number of fused-ring (bicyclic) bond motifs is 5. The van der Waals surface area contributed by atoms with Crippen LogP contribution in [0.3, 0.4) is 0 Å². The van der Waals surface area contributed by atoms with Gasteiger partial charge in [-0.1, -0.05) is 51.5 Å². The lowest BCUT2D eigenvalue weighted by Gasteiger charge is -2.53. The molecule has 3 aliphatic carbocycles. The van der Waals surface area contributed by atoms with E-state index < -0.39 is 35.7 Å². The summed E-state index contributed by atoms with van der Waals surface area (Å²) in [5, 5.41) is 11.1. The molecule has 2 saturated heterocycles. The normalized spacial score (nSPS) is 30.1. The van der Waals surface area contributed by atoms with Gasteiger partial charge < -0.3 is 19.6 Å². The zero-order valence-electron chi connectivity index (χ0n) is 33.2. The van der Waals surface area contributed by atoms with Crippen LogP contribution in [0.2, 0.25) is 0 Å². The third-order valence-electron chi connectivity index (χ3n) is 14.9. The third-order valence-corrected chi connectivity index (χ3v) is 16.4. The lowest BCUT2D eigenvalue weighted by atomic mass is 9.52. The summed E-state index contributed by atoms with van der Waals surface area (Å²) < 4.78 is 81.4. The van der Waals surface area contributed by atoms with Crippen LogP contribution < -0.4 is 4.74 Å². The Morgan fingerprint density at radius 2 is 1.51 bits per heavy atom. The van der Waals surface area contributed by atoms with Crippen molar-refractivity contribution in [3.8, 4) is 5.75 Å². The van der Waals surface area contributed by atoms with E-state index >= 15 is 0 Å². The summed E-state index contributed by atoms with van der Waals surface area (Å²) in [5.74, 6) is -1.84. The lowest BCUT2D eigenvalue weighted by molar-refractivity contribution is -0.284. The first-order chi connectivity index (χ1) is 26.1. The number of carbonyl (C=O) groups excluding carboxylic acids is 1. The highest BCUT2D eigenvalue weighted by Crippen LogP contribution is 2.63. The Bertz CT molecular complexity index is 1460. The van der Waals surface area contributed by atoms with Gasteiger partial charge >= 0.3 is 18.2 Å². The summed E-state index contributed by atoms with van der Waals surface area (Å²) in [4.78, 5) is 17.7. The molecule has 1 aromatic carbocycles. The van der Waals surface area contributed by atoms with Crippen molar-refractivity contribution >= 4 is 16.9 Å². The van der Waals surface area contributed by atoms with Crippen molar-refractivity contribution in [3.05, 3.63) is 29.3 Å². The van der Waals surface area contributed by atoms with Crippen molar-refractivity contribution in [2.24, 2.45) is 28.6 Å². The average molecular weight is 801 g/mol. The number of halogens is 5. The molecule has 1 amide bonds. The van der Waals surface area contributed by atoms with Crippen molar-refractivity contribution in [2.45, 2.75) is 153 Å². The molecule has 5 aliphatic rings. The van der Waals surface area contributed by atoms with Gasteiger partial charge in [0.05, 0.1) is 6.10 Å². The molecule has 1 aromatic rings. The fourth-order valence-corrected chi connectivity index (χ4v) is 12.5. The number of amides is 1. The van der Waals surface area contributed by atoms with Gasteiger partial charge in [0.1, 0.15) is 5.75 Å². The first-order valence-corrected chi connectivity index (χ1v) is 22.9. The van der Waals surface area contributed by atoms with E-state index in [9.17, 15) is 36.1 Å². The number of rotatable bonds is 15. The van der Waals surface area contributed by atoms with Crippen LogP contribution in [0.5, 0.6) is 5.75 Å². The molecule has 0 bridgehead atoms. The Morgan fingerprint density at radius 1 is 0.873 bits per heavy atom. The molecule has 55 heavy (non-hydrogen) atoms. The average Bonchev–Trinajstić information content (AvgIpc) is 3.45. The van der Waals surface area contributed by atoms with Gasteiger partial charge in [0.2, 0.25) is 0 Å². The molecule has 312 valence electrons. The predicted octanol–water partition coefficient (Wildman–Crippen LogP) is 10.3. The van der Waals surface area contributed by atoms with Crippen LogP contribution in [0.4, 0.5) is 26.7 Å². The van der Waals surface area contributed by atoms with Gasteiger partial charge in [-0.2, -0.15) is 22.0 Å². The second-order valence-corrected chi connectivity index (χ2v) is 20.0. The van der Waals surface area contributed by atoms with Crippen molar-refractivity contribution in [2.75, 3.05) is 44.7 Å². The van der Waals surface area contributed by atoms with Gasteiger partial charge in [0.15, 0.2) is 0 Å². The summed E-state index contributed by atoms with van der Waals surface area (Å²) in [5.41, 5.74) is 3.07. The lowest BCUT2D eigenvalue weighted by Crippen LogP contribution is -2.48. The molecule has 7 atom stereocenters. The molecular weight excluding hydrogens is 736 g/mol. The molecule has 0 radical (unpaired) electrons. The van der Waals surface area contributed by atoms with E-state index in [1.807, 2.05) is 11.0 Å². The first kappa shape index (κ1) is 42.8. The highest BCUT2D eigenvalue weighted by atomic mass is 32.2. The molecule has 4 fully saturated rings. The maximum absolute atomic E-state index is 13.4. The van der Waals surface area contributed by atoms with Crippen LogP contribution in [0.15, 0.2) is 18.2 Å². The van der Waals surface area contributed by atoms with E-state index in [0.29, 0.717) is 47.0 Å². The number of benzene rings is 1. The molecule has 2 aliphatic heterocycles. The van der Waals surface area contributed by atoms with Gasteiger partial charge in [-0.3, -0.25) is 4.21 Å². The minimum absolute atomic E-state index is 0.0230. The van der Waals surface area contributed by atoms with Gasteiger partial charge in [-0.05, 0) is 155 Å². The number of ether oxygens (including phenoxy) is 1. The molecular formula is C43H65F5N2O4S. The highest BCUT2D eigenvalue weighted by molar-refractivity contribution is 7.84. The molecule has 2 heterocycles. The van der Waals surface area contributed by atoms with Crippen LogP contribution in [-0.4, -0.2) is 88.1 Å². The predicted molar refractivity (Wildman–Crippen MR) is 207 cm³/mol. The Balaban J connectivity index is 0.966. The second kappa shape index (κ2) is 18.0. The molecule has 0 aromatic heterocycles. The van der Waals surface area contributed by atoms with Crippen LogP contribution in [-0.2, 0) is 17.2 Å². The first-order valence-electron chi connectivity index (χ1n) is 21.4. The summed E-state index contributed by atoms with van der Waals surface area (Å²) >= 11 is 0. The zero-order valence-corrected chi connectivity index (χ0v) is 34.0. The van der Waals surface area contributed by atoms with Crippen LogP contribution in [0, 0.1) is 28.6 Å². The number of carbonyl (C=O) groups is 1. The Hall–Kier alpha value is -1.79. The number of hydrogen-bond donors (Lipinski definition) is 1. The fourth-order valence-electron chi connectivity index (χ4n) is 11.3. The summed E-state index contributed by atoms with van der Waals surface area (Å²) in [6, 6.07) is 6.37. The topological polar surface area (TPSA) is 70.1 Å². The molecule has 1 N–H and O–H groups in total. The molecule has 6 rings (SSSR count). The number of piperidine rings is 2. The standard InChI is InChI=1S/C43H65F5N2O4S/c1-40-18-16-35-34-13-12-33(54-39(52)50-25-21-41(22-26-50)19-23-49(2)24-20-41)30-32(34)29-31(38(35)36(40)14-15-37(40)51)11-8-6-4-3-5-7-9-27-55(53)28-10-17-42(44,45)43(46,47)48/h12-13,30-31,35-38,51H,3-11,14-29H2,1-2H3/t31-,35-,36+,37+,38-,40+,55?/m1/s1. The number of alkyl halides is 5. The number of nitrogens with zero attached hydrogens (tertiary/aromatic N) is 2. The summed E-state index contributed by atoms with van der Waals surface area (Å²) in [6.07, 6.45) is 9.92. The number of unbranched alkanes of at least 4 members (excludes halogenated alkanes) is 6. The maximum atomic E-state index is 13.4. The molecule has 1 spiro atoms. The van der Waals surface area contributed by atoms with Gasteiger partial charge in [0.25, 0.3) is 0 Å². The minimum atomic E-state index is -5.55.